The number of thioether (sulfide) groups is 1. The van der Waals surface area contributed by atoms with E-state index >= 15 is 0 Å². The quantitative estimate of drug-likeness (QED) is 0.472. The zero-order valence-electron chi connectivity index (χ0n) is 17.8. The van der Waals surface area contributed by atoms with E-state index in [2.05, 4.69) is 38.0 Å². The van der Waals surface area contributed by atoms with Crippen LogP contribution in [0.2, 0.25) is 0 Å². The lowest BCUT2D eigenvalue weighted by Gasteiger charge is -2.27. The third-order valence-electron chi connectivity index (χ3n) is 4.85. The first-order valence-electron chi connectivity index (χ1n) is 10.2. The molecule has 0 saturated carbocycles. The summed E-state index contributed by atoms with van der Waals surface area (Å²) in [6, 6.07) is 7.06. The second-order valence-corrected chi connectivity index (χ2v) is 9.40. The molecule has 0 radical (unpaired) electrons. The molecular weight excluding hydrogens is 400 g/mol. The Balaban J connectivity index is 2.02. The summed E-state index contributed by atoms with van der Waals surface area (Å²) in [5.41, 5.74) is 3.32. The highest BCUT2D eigenvalue weighted by Gasteiger charge is 2.34. The van der Waals surface area contributed by atoms with Gasteiger partial charge in [0, 0.05) is 37.1 Å². The Hall–Kier alpha value is -2.61. The Kier molecular flexibility index (Phi) is 6.97. The van der Waals surface area contributed by atoms with Crippen molar-refractivity contribution in [2.24, 2.45) is 11.8 Å². The van der Waals surface area contributed by atoms with E-state index in [0.29, 0.717) is 36.4 Å². The van der Waals surface area contributed by atoms with E-state index in [1.165, 1.54) is 0 Å². The van der Waals surface area contributed by atoms with Crippen LogP contribution < -0.4 is 5.32 Å². The Morgan fingerprint density at radius 2 is 2.03 bits per heavy atom. The van der Waals surface area contributed by atoms with Crippen LogP contribution in [0.5, 0.6) is 0 Å². The summed E-state index contributed by atoms with van der Waals surface area (Å²) in [7, 11) is 0. The van der Waals surface area contributed by atoms with Crippen molar-refractivity contribution in [2.75, 3.05) is 24.2 Å². The molecule has 1 amide bonds. The highest BCUT2D eigenvalue weighted by atomic mass is 32.2. The van der Waals surface area contributed by atoms with Crippen molar-refractivity contribution in [3.63, 3.8) is 0 Å². The van der Waals surface area contributed by atoms with E-state index in [-0.39, 0.29) is 21.9 Å². The zero-order valence-corrected chi connectivity index (χ0v) is 18.6. The van der Waals surface area contributed by atoms with Crippen LogP contribution >= 0.6 is 11.8 Å². The molecule has 1 N–H and O–H groups in total. The number of nitro benzene ring substituents is 1. The van der Waals surface area contributed by atoms with Crippen molar-refractivity contribution in [2.45, 2.75) is 33.1 Å². The van der Waals surface area contributed by atoms with Crippen LogP contribution in [0.25, 0.3) is 11.1 Å². The first kappa shape index (κ1) is 22.1. The van der Waals surface area contributed by atoms with E-state index in [1.54, 1.807) is 30.1 Å². The van der Waals surface area contributed by atoms with E-state index in [9.17, 15) is 14.9 Å². The lowest BCUT2D eigenvalue weighted by atomic mass is 9.99. The average Bonchev–Trinajstić information content (AvgIpc) is 3.05. The zero-order chi connectivity index (χ0) is 21.8. The molecule has 1 aliphatic heterocycles. The second kappa shape index (κ2) is 9.47. The monoisotopic (exact) mass is 428 g/mol. The van der Waals surface area contributed by atoms with E-state index in [0.717, 1.165) is 16.7 Å². The lowest BCUT2D eigenvalue weighted by molar-refractivity contribution is -0.383. The van der Waals surface area contributed by atoms with Crippen LogP contribution in [-0.2, 0) is 4.79 Å². The molecule has 8 heteroatoms. The van der Waals surface area contributed by atoms with Crippen LogP contribution in [-0.4, -0.2) is 39.6 Å². The number of amides is 1. The Morgan fingerprint density at radius 3 is 2.70 bits per heavy atom. The van der Waals surface area contributed by atoms with Crippen LogP contribution in [0, 0.1) is 22.0 Å². The molecular formula is C22H28N4O3S. The summed E-state index contributed by atoms with van der Waals surface area (Å²) in [6.07, 6.45) is 3.53. The number of hydrogen-bond acceptors (Lipinski definition) is 6. The van der Waals surface area contributed by atoms with Gasteiger partial charge >= 0.3 is 0 Å². The Labute approximate surface area is 181 Å². The molecule has 2 aromatic rings. The molecule has 1 saturated heterocycles. The lowest BCUT2D eigenvalue weighted by Crippen LogP contribution is -2.31. The molecule has 0 aliphatic carbocycles. The van der Waals surface area contributed by atoms with Gasteiger partial charge in [0.1, 0.15) is 11.1 Å². The second-order valence-electron chi connectivity index (χ2n) is 8.33. The van der Waals surface area contributed by atoms with Gasteiger partial charge in [0.2, 0.25) is 5.91 Å². The minimum Gasteiger partial charge on any atom is -0.379 e. The van der Waals surface area contributed by atoms with Crippen molar-refractivity contribution in [3.8, 4) is 11.1 Å². The third-order valence-corrected chi connectivity index (χ3v) is 6.09. The molecule has 2 heterocycles. The van der Waals surface area contributed by atoms with Gasteiger partial charge in [0.05, 0.1) is 10.7 Å². The molecule has 1 aromatic carbocycles. The van der Waals surface area contributed by atoms with Gasteiger partial charge in [-0.2, -0.15) is 0 Å². The molecule has 1 unspecified atom stereocenters. The van der Waals surface area contributed by atoms with Crippen LogP contribution in [0.4, 0.5) is 11.4 Å². The number of nitrogens with zero attached hydrogens (tertiary/aromatic N) is 3. The van der Waals surface area contributed by atoms with Crippen LogP contribution in [0.1, 0.15) is 38.6 Å². The number of aromatic nitrogens is 1. The number of carbonyl (C=O) groups is 1. The average molecular weight is 429 g/mol. The summed E-state index contributed by atoms with van der Waals surface area (Å²) in [5, 5.41) is 14.6. The van der Waals surface area contributed by atoms with Gasteiger partial charge < -0.3 is 10.2 Å². The normalized spacial score (nSPS) is 16.5. The summed E-state index contributed by atoms with van der Waals surface area (Å²) in [4.78, 5) is 29.8. The van der Waals surface area contributed by atoms with Gasteiger partial charge in [-0.25, -0.2) is 0 Å². The maximum atomic E-state index is 12.5. The number of benzene rings is 1. The van der Waals surface area contributed by atoms with Crippen LogP contribution in [0.3, 0.4) is 0 Å². The molecule has 3 rings (SSSR count). The number of nitrogens with one attached hydrogen (secondary N) is 1. The Bertz CT molecular complexity index is 932. The fourth-order valence-electron chi connectivity index (χ4n) is 3.49. The van der Waals surface area contributed by atoms with Crippen molar-refractivity contribution in [3.05, 3.63) is 52.3 Å². The molecule has 7 nitrogen and oxygen atoms in total. The fourth-order valence-corrected chi connectivity index (χ4v) is 4.70. The van der Waals surface area contributed by atoms with Crippen LogP contribution in [0.15, 0.2) is 36.7 Å². The number of rotatable bonds is 8. The number of pyridine rings is 1. The standard InChI is InChI=1S/C22H28N4O3S/c1-14(2)10-24-19-9-16(5-6-20(19)26(28)29)17-7-8-23-11-18(17)22-25(12-15(3)4)21(27)13-30-22/h5-9,11,14-15,22,24H,10,12-13H2,1-4H3. The van der Waals surface area contributed by atoms with Gasteiger partial charge in [-0.3, -0.25) is 19.9 Å². The molecule has 0 spiro atoms. The van der Waals surface area contributed by atoms with Gasteiger partial charge in [-0.15, -0.1) is 11.8 Å². The van der Waals surface area contributed by atoms with E-state index in [1.807, 2.05) is 23.2 Å². The van der Waals surface area contributed by atoms with Gasteiger partial charge in [0.15, 0.2) is 0 Å². The highest BCUT2D eigenvalue weighted by molar-refractivity contribution is 8.00. The number of anilines is 1. The topological polar surface area (TPSA) is 88.4 Å². The maximum absolute atomic E-state index is 12.5. The molecule has 1 fully saturated rings. The largest absolute Gasteiger partial charge is 0.379 e. The molecule has 160 valence electrons. The molecule has 1 atom stereocenters. The summed E-state index contributed by atoms with van der Waals surface area (Å²) >= 11 is 1.60. The van der Waals surface area contributed by atoms with E-state index in [4.69, 9.17) is 0 Å². The van der Waals surface area contributed by atoms with Gasteiger partial charge in [-0.05, 0) is 41.2 Å². The van der Waals surface area contributed by atoms with E-state index < -0.39 is 0 Å². The predicted octanol–water partition coefficient (Wildman–Crippen LogP) is 4.95. The minimum atomic E-state index is -0.365. The first-order valence-corrected chi connectivity index (χ1v) is 11.2. The summed E-state index contributed by atoms with van der Waals surface area (Å²) < 4.78 is 0. The summed E-state index contributed by atoms with van der Waals surface area (Å²) in [6.45, 7) is 9.64. The molecule has 1 aliphatic rings. The smallest absolute Gasteiger partial charge is 0.292 e. The number of nitro groups is 1. The SMILES string of the molecule is CC(C)CNc1cc(-c2ccncc2C2SCC(=O)N2CC(C)C)ccc1[N+](=O)[O-]. The molecule has 0 bridgehead atoms. The molecule has 30 heavy (non-hydrogen) atoms. The number of carbonyl (C=O) groups excluding carboxylic acids is 1. The van der Waals surface area contributed by atoms with Gasteiger partial charge in [0.25, 0.3) is 5.69 Å². The summed E-state index contributed by atoms with van der Waals surface area (Å²) in [5.74, 6) is 1.31. The van der Waals surface area contributed by atoms with Gasteiger partial charge in [-0.1, -0.05) is 27.7 Å². The van der Waals surface area contributed by atoms with Crippen molar-refractivity contribution >= 4 is 29.0 Å². The minimum absolute atomic E-state index is 0.0573. The Morgan fingerprint density at radius 1 is 1.27 bits per heavy atom. The first-order chi connectivity index (χ1) is 14.3. The van der Waals surface area contributed by atoms with Crippen molar-refractivity contribution in [1.29, 1.82) is 0 Å². The predicted molar refractivity (Wildman–Crippen MR) is 121 cm³/mol. The van der Waals surface area contributed by atoms with Crippen molar-refractivity contribution in [1.82, 2.24) is 9.88 Å². The fraction of sp³-hybridized carbons (Fsp3) is 0.455. The van der Waals surface area contributed by atoms with Crippen molar-refractivity contribution < 1.29 is 9.72 Å². The molecule has 1 aromatic heterocycles. The highest BCUT2D eigenvalue weighted by Crippen LogP contribution is 2.43. The maximum Gasteiger partial charge on any atom is 0.292 e. The third kappa shape index (κ3) is 4.92. The number of hydrogen-bond donors (Lipinski definition) is 1.